The molecule has 12 heteroatoms. The van der Waals surface area contributed by atoms with Crippen LogP contribution in [0.1, 0.15) is 5.56 Å². The van der Waals surface area contributed by atoms with Crippen molar-refractivity contribution in [2.45, 2.75) is 11.4 Å². The summed E-state index contributed by atoms with van der Waals surface area (Å²) in [6.45, 7) is 2.50. The summed E-state index contributed by atoms with van der Waals surface area (Å²) in [5.41, 5.74) is 0.565. The van der Waals surface area contributed by atoms with E-state index in [1.54, 1.807) is 48.7 Å². The molecule has 1 N–H and O–H groups in total. The quantitative estimate of drug-likeness (QED) is 0.288. The van der Waals surface area contributed by atoms with Gasteiger partial charge in [-0.05, 0) is 54.1 Å². The highest BCUT2D eigenvalue weighted by Crippen LogP contribution is 2.26. The van der Waals surface area contributed by atoms with Crippen molar-refractivity contribution in [1.82, 2.24) is 14.5 Å². The highest BCUT2D eigenvalue weighted by molar-refractivity contribution is 7.87. The predicted molar refractivity (Wildman–Crippen MR) is 157 cm³/mol. The number of aromatic amines is 1. The lowest BCUT2D eigenvalue weighted by Gasteiger charge is -2.38. The van der Waals surface area contributed by atoms with Crippen LogP contribution in [-0.4, -0.2) is 49.1 Å². The molecule has 0 atom stereocenters. The molecule has 0 amide bonds. The van der Waals surface area contributed by atoms with Gasteiger partial charge in [0.25, 0.3) is 5.56 Å². The first-order chi connectivity index (χ1) is 20.3. The van der Waals surface area contributed by atoms with Crippen LogP contribution in [0.3, 0.4) is 0 Å². The van der Waals surface area contributed by atoms with Gasteiger partial charge in [0.1, 0.15) is 22.3 Å². The molecule has 42 heavy (non-hydrogen) atoms. The van der Waals surface area contributed by atoms with E-state index in [0.29, 0.717) is 48.3 Å². The Labute approximate surface area is 240 Å². The van der Waals surface area contributed by atoms with Gasteiger partial charge in [0.2, 0.25) is 0 Å². The predicted octanol–water partition coefficient (Wildman–Crippen LogP) is 3.37. The summed E-state index contributed by atoms with van der Waals surface area (Å²) in [5.74, 6) is 0.306. The molecule has 6 rings (SSSR count). The topological polar surface area (TPSA) is 118 Å². The molecule has 1 fully saturated rings. The number of rotatable bonds is 7. The fourth-order valence-electron chi connectivity index (χ4n) is 5.08. The van der Waals surface area contributed by atoms with Crippen molar-refractivity contribution >= 4 is 32.4 Å². The van der Waals surface area contributed by atoms with Crippen molar-refractivity contribution < 1.29 is 17.0 Å². The number of anilines is 2. The van der Waals surface area contributed by atoms with Gasteiger partial charge < -0.3 is 14.0 Å². The van der Waals surface area contributed by atoms with E-state index in [-0.39, 0.29) is 23.0 Å². The molecule has 1 aliphatic rings. The Morgan fingerprint density at radius 3 is 2.33 bits per heavy atom. The molecule has 1 saturated heterocycles. The summed E-state index contributed by atoms with van der Waals surface area (Å²) in [6.07, 6.45) is 3.11. The molecule has 0 aliphatic carbocycles. The maximum atomic E-state index is 13.3. The second kappa shape index (κ2) is 11.1. The number of H-pyrrole nitrogens is 1. The Morgan fingerprint density at radius 1 is 0.881 bits per heavy atom. The van der Waals surface area contributed by atoms with Crippen LogP contribution in [0.5, 0.6) is 5.75 Å². The summed E-state index contributed by atoms with van der Waals surface area (Å²) < 4.78 is 46.4. The molecule has 1 aliphatic heterocycles. The fraction of sp³-hybridized carbons (Fsp3) is 0.167. The van der Waals surface area contributed by atoms with Gasteiger partial charge in [-0.15, -0.1) is 0 Å². The number of nitrogens with zero attached hydrogens (tertiary/aromatic N) is 4. The molecular formula is C30H26FN5O5S. The number of hydrogen-bond acceptors (Lipinski definition) is 8. The zero-order valence-electron chi connectivity index (χ0n) is 22.3. The van der Waals surface area contributed by atoms with Gasteiger partial charge in [0.15, 0.2) is 0 Å². The van der Waals surface area contributed by atoms with E-state index in [4.69, 9.17) is 4.18 Å². The first-order valence-electron chi connectivity index (χ1n) is 13.2. The van der Waals surface area contributed by atoms with Gasteiger partial charge in [-0.25, -0.2) is 9.18 Å². The third-order valence-corrected chi connectivity index (χ3v) is 8.49. The van der Waals surface area contributed by atoms with E-state index in [1.165, 1.54) is 47.2 Å². The largest absolute Gasteiger partial charge is 0.379 e. The van der Waals surface area contributed by atoms with E-state index in [9.17, 15) is 22.4 Å². The monoisotopic (exact) mass is 587 g/mol. The molecule has 0 spiro atoms. The summed E-state index contributed by atoms with van der Waals surface area (Å²) in [6, 6.07) is 20.6. The number of nitrogens with one attached hydrogen (secondary N) is 1. The van der Waals surface area contributed by atoms with E-state index >= 15 is 0 Å². The number of benzene rings is 3. The van der Waals surface area contributed by atoms with Crippen LogP contribution in [0.2, 0.25) is 0 Å². The minimum Gasteiger partial charge on any atom is -0.379 e. The molecule has 3 heterocycles. The van der Waals surface area contributed by atoms with Gasteiger partial charge in [-0.2, -0.15) is 8.42 Å². The average Bonchev–Trinajstić information content (AvgIpc) is 2.99. The van der Waals surface area contributed by atoms with Crippen LogP contribution >= 0.6 is 0 Å². The SMILES string of the molecule is O=c1cc(N2CCN(c3ccc(F)cc3)CC2)n(Cc2ccc(OS(=O)(=O)c3cccc4cnccc34)cc2)c(=O)[nH]1. The van der Waals surface area contributed by atoms with Crippen molar-refractivity contribution in [1.29, 1.82) is 0 Å². The van der Waals surface area contributed by atoms with E-state index < -0.39 is 21.4 Å². The van der Waals surface area contributed by atoms with Gasteiger partial charge in [0, 0.05) is 61.1 Å². The Bertz CT molecular complexity index is 1960. The van der Waals surface area contributed by atoms with Crippen LogP contribution in [0.25, 0.3) is 10.8 Å². The minimum absolute atomic E-state index is 0.0374. The number of piperazine rings is 1. The molecule has 3 aromatic carbocycles. The van der Waals surface area contributed by atoms with Crippen molar-refractivity contribution in [3.63, 3.8) is 0 Å². The molecule has 5 aromatic rings. The number of fused-ring (bicyclic) bond motifs is 1. The van der Waals surface area contributed by atoms with Crippen LogP contribution in [-0.2, 0) is 16.7 Å². The second-order valence-electron chi connectivity index (χ2n) is 9.87. The van der Waals surface area contributed by atoms with Crippen molar-refractivity contribution in [2.75, 3.05) is 36.0 Å². The van der Waals surface area contributed by atoms with Crippen molar-refractivity contribution in [3.05, 3.63) is 123 Å². The van der Waals surface area contributed by atoms with Crippen LogP contribution in [0, 0.1) is 5.82 Å². The summed E-state index contributed by atoms with van der Waals surface area (Å²) in [4.78, 5) is 35.6. The molecular weight excluding hydrogens is 561 g/mol. The first kappa shape index (κ1) is 27.2. The van der Waals surface area contributed by atoms with E-state index in [2.05, 4.69) is 14.9 Å². The zero-order chi connectivity index (χ0) is 29.3. The summed E-state index contributed by atoms with van der Waals surface area (Å²) in [7, 11) is -4.12. The number of hydrogen-bond donors (Lipinski definition) is 1. The number of aromatic nitrogens is 3. The Morgan fingerprint density at radius 2 is 1.60 bits per heavy atom. The lowest BCUT2D eigenvalue weighted by Crippen LogP contribution is -2.49. The highest BCUT2D eigenvalue weighted by atomic mass is 32.2. The molecule has 0 unspecified atom stereocenters. The van der Waals surface area contributed by atoms with Crippen LogP contribution < -0.4 is 25.2 Å². The molecule has 0 saturated carbocycles. The van der Waals surface area contributed by atoms with Gasteiger partial charge in [-0.1, -0.05) is 24.3 Å². The Balaban J connectivity index is 1.19. The number of pyridine rings is 1. The third-order valence-electron chi connectivity index (χ3n) is 7.19. The van der Waals surface area contributed by atoms with Crippen LogP contribution in [0.15, 0.2) is 106 Å². The van der Waals surface area contributed by atoms with Crippen molar-refractivity contribution in [3.8, 4) is 5.75 Å². The molecule has 10 nitrogen and oxygen atoms in total. The molecule has 0 radical (unpaired) electrons. The van der Waals surface area contributed by atoms with Gasteiger partial charge in [0.05, 0.1) is 6.54 Å². The lowest BCUT2D eigenvalue weighted by atomic mass is 10.2. The van der Waals surface area contributed by atoms with Crippen LogP contribution in [0.4, 0.5) is 15.9 Å². The normalized spacial score (nSPS) is 13.8. The van der Waals surface area contributed by atoms with E-state index in [1.807, 2.05) is 4.90 Å². The third kappa shape index (κ3) is 5.61. The lowest BCUT2D eigenvalue weighted by molar-refractivity contribution is 0.487. The highest BCUT2D eigenvalue weighted by Gasteiger charge is 2.22. The van der Waals surface area contributed by atoms with E-state index in [0.717, 1.165) is 5.69 Å². The smallest absolute Gasteiger partial charge is 0.339 e. The standard InChI is InChI=1S/C30H26FN5O5S/c31-23-6-8-24(9-7-23)34-14-16-35(17-15-34)29-18-28(37)33-30(38)36(29)20-21-4-10-25(11-5-21)41-42(39,40)27-3-1-2-22-19-32-13-12-26(22)27/h1-13,18-19H,14-17,20H2,(H,33,37,38). The molecule has 2 aromatic heterocycles. The maximum absolute atomic E-state index is 13.3. The Kier molecular flexibility index (Phi) is 7.21. The summed E-state index contributed by atoms with van der Waals surface area (Å²) in [5, 5.41) is 1.18. The van der Waals surface area contributed by atoms with Gasteiger partial charge in [-0.3, -0.25) is 19.3 Å². The van der Waals surface area contributed by atoms with Crippen molar-refractivity contribution in [2.24, 2.45) is 0 Å². The maximum Gasteiger partial charge on any atom is 0.339 e. The Hall–Kier alpha value is -4.97. The average molecular weight is 588 g/mol. The zero-order valence-corrected chi connectivity index (χ0v) is 23.1. The first-order valence-corrected chi connectivity index (χ1v) is 14.6. The minimum atomic E-state index is -4.12. The second-order valence-corrected chi connectivity index (χ2v) is 11.4. The fourth-order valence-corrected chi connectivity index (χ4v) is 6.24. The summed E-state index contributed by atoms with van der Waals surface area (Å²) >= 11 is 0. The molecule has 0 bridgehead atoms. The van der Waals surface area contributed by atoms with Gasteiger partial charge >= 0.3 is 15.8 Å². The molecule has 214 valence electrons. The number of halogens is 1.